The van der Waals surface area contributed by atoms with Crippen LogP contribution in [0.4, 0.5) is 0 Å². The van der Waals surface area contributed by atoms with Crippen molar-refractivity contribution in [3.63, 3.8) is 0 Å². The van der Waals surface area contributed by atoms with Gasteiger partial charge in [0.05, 0.1) is 0 Å². The number of allylic oxidation sites excluding steroid dienone is 5. The summed E-state index contributed by atoms with van der Waals surface area (Å²) in [4.78, 5) is 0. The van der Waals surface area contributed by atoms with E-state index in [1.807, 2.05) is 0 Å². The van der Waals surface area contributed by atoms with Gasteiger partial charge in [0.25, 0.3) is 0 Å². The summed E-state index contributed by atoms with van der Waals surface area (Å²) in [6.45, 7) is 14.8. The fraction of sp³-hybridized carbons (Fsp3) is 0.462. The quantitative estimate of drug-likeness (QED) is 0.632. The number of hydrogen-bond acceptors (Lipinski definition) is 0. The van der Waals surface area contributed by atoms with Crippen molar-refractivity contribution >= 4 is 3.90 Å². The first-order chi connectivity index (χ1) is 6.32. The Morgan fingerprint density at radius 2 is 2.07 bits per heavy atom. The molecule has 1 aliphatic rings. The molecular formula is C13H17W-. The van der Waals surface area contributed by atoms with Crippen molar-refractivity contribution in [3.8, 4) is 0 Å². The van der Waals surface area contributed by atoms with Gasteiger partial charge in [-0.1, -0.05) is 0 Å². The second-order valence-corrected chi connectivity index (χ2v) is 6.37. The van der Waals surface area contributed by atoms with Crippen LogP contribution in [-0.4, -0.2) is 3.90 Å². The summed E-state index contributed by atoms with van der Waals surface area (Å²) < 4.78 is 1.46. The molecule has 1 heteroatoms. The molecule has 0 saturated heterocycles. The molecule has 0 aromatic rings. The van der Waals surface area contributed by atoms with E-state index in [9.17, 15) is 0 Å². The van der Waals surface area contributed by atoms with Crippen molar-refractivity contribution in [2.24, 2.45) is 5.41 Å². The van der Waals surface area contributed by atoms with Crippen molar-refractivity contribution in [1.82, 2.24) is 0 Å². The normalized spacial score (nSPS) is 20.1. The molecule has 0 spiro atoms. The zero-order valence-corrected chi connectivity index (χ0v) is 12.3. The van der Waals surface area contributed by atoms with Gasteiger partial charge in [0, 0.05) is 0 Å². The van der Waals surface area contributed by atoms with E-state index in [0.717, 1.165) is 12.0 Å². The van der Waals surface area contributed by atoms with Gasteiger partial charge in [-0.25, -0.2) is 0 Å². The molecule has 0 nitrogen and oxygen atoms in total. The average molecular weight is 357 g/mol. The zero-order chi connectivity index (χ0) is 10.9. The van der Waals surface area contributed by atoms with E-state index >= 15 is 0 Å². The number of hydrogen-bond donors (Lipinski definition) is 0. The SMILES string of the molecule is [CH-]=C1CC=C(C)/C1=C/[C](=[W])C(C)(C)C. The maximum atomic E-state index is 5.95. The summed E-state index contributed by atoms with van der Waals surface area (Å²) in [5.74, 6) is 0. The molecule has 0 atom stereocenters. The van der Waals surface area contributed by atoms with Crippen LogP contribution in [0.1, 0.15) is 34.1 Å². The van der Waals surface area contributed by atoms with Crippen molar-refractivity contribution in [3.05, 3.63) is 35.5 Å². The first-order valence-corrected chi connectivity index (χ1v) is 6.34. The Kier molecular flexibility index (Phi) is 3.48. The molecular weight excluding hydrogens is 340 g/mol. The summed E-state index contributed by atoms with van der Waals surface area (Å²) in [7, 11) is 0. The van der Waals surface area contributed by atoms with Gasteiger partial charge >= 0.3 is 98.2 Å². The fourth-order valence-electron chi connectivity index (χ4n) is 1.29. The molecule has 0 aromatic heterocycles. The third-order valence-corrected chi connectivity index (χ3v) is 5.04. The van der Waals surface area contributed by atoms with Gasteiger partial charge in [0.2, 0.25) is 0 Å². The molecule has 0 amide bonds. The minimum absolute atomic E-state index is 0.269. The molecule has 0 aliphatic heterocycles. The predicted molar refractivity (Wildman–Crippen MR) is 58.7 cm³/mol. The molecule has 0 aromatic carbocycles. The molecule has 0 saturated carbocycles. The summed E-state index contributed by atoms with van der Waals surface area (Å²) >= 11 is 1.53. The second kappa shape index (κ2) is 4.11. The van der Waals surface area contributed by atoms with E-state index in [0.29, 0.717) is 0 Å². The van der Waals surface area contributed by atoms with Crippen LogP contribution in [0.3, 0.4) is 0 Å². The van der Waals surface area contributed by atoms with Crippen molar-refractivity contribution in [2.75, 3.05) is 0 Å². The molecule has 0 heterocycles. The molecule has 0 radical (unpaired) electrons. The predicted octanol–water partition coefficient (Wildman–Crippen LogP) is 3.39. The van der Waals surface area contributed by atoms with Gasteiger partial charge in [-0.2, -0.15) is 0 Å². The Morgan fingerprint density at radius 3 is 2.43 bits per heavy atom. The third-order valence-electron chi connectivity index (χ3n) is 2.41. The fourth-order valence-corrected chi connectivity index (χ4v) is 1.71. The van der Waals surface area contributed by atoms with Crippen LogP contribution in [0, 0.1) is 12.0 Å². The molecule has 76 valence electrons. The van der Waals surface area contributed by atoms with Crippen LogP contribution < -0.4 is 0 Å². The molecule has 14 heavy (non-hydrogen) atoms. The molecule has 1 aliphatic carbocycles. The average Bonchev–Trinajstić information content (AvgIpc) is 2.34. The summed E-state index contributed by atoms with van der Waals surface area (Å²) in [5.41, 5.74) is 3.87. The Labute approximate surface area is 98.2 Å². The van der Waals surface area contributed by atoms with Crippen LogP contribution in [0.15, 0.2) is 28.9 Å². The van der Waals surface area contributed by atoms with Crippen LogP contribution in [0.2, 0.25) is 0 Å². The zero-order valence-electron chi connectivity index (χ0n) is 9.35. The standard InChI is InChI=1S/C13H17.W/c1-10-6-7-11(2)12(10)8-9-13(3,4)5;/h1,7-8H,6H2,2-5H3;/q-1;/b12-8+;. The molecule has 0 unspecified atom stereocenters. The van der Waals surface area contributed by atoms with E-state index in [1.54, 1.807) is 0 Å². The Bertz CT molecular complexity index is 335. The van der Waals surface area contributed by atoms with E-state index in [-0.39, 0.29) is 5.41 Å². The molecule has 0 fully saturated rings. The van der Waals surface area contributed by atoms with Crippen LogP contribution >= 0.6 is 0 Å². The van der Waals surface area contributed by atoms with Crippen molar-refractivity contribution in [1.29, 1.82) is 0 Å². The summed E-state index contributed by atoms with van der Waals surface area (Å²) in [5, 5.41) is 0. The summed E-state index contributed by atoms with van der Waals surface area (Å²) in [6.07, 6.45) is 5.39. The molecule has 1 rings (SSSR count). The van der Waals surface area contributed by atoms with Crippen LogP contribution in [0.5, 0.6) is 0 Å². The topological polar surface area (TPSA) is 0 Å². The Balaban J connectivity index is 2.94. The molecule has 0 bridgehead atoms. The van der Waals surface area contributed by atoms with Crippen LogP contribution in [0.25, 0.3) is 0 Å². The Morgan fingerprint density at radius 1 is 1.50 bits per heavy atom. The van der Waals surface area contributed by atoms with Gasteiger partial charge in [-0.3, -0.25) is 0 Å². The van der Waals surface area contributed by atoms with Gasteiger partial charge < -0.3 is 0 Å². The summed E-state index contributed by atoms with van der Waals surface area (Å²) in [6, 6.07) is 0. The third kappa shape index (κ3) is 2.64. The van der Waals surface area contributed by atoms with E-state index in [2.05, 4.69) is 39.8 Å². The minimum atomic E-state index is 0.269. The van der Waals surface area contributed by atoms with Crippen molar-refractivity contribution in [2.45, 2.75) is 34.1 Å². The second-order valence-electron chi connectivity index (χ2n) is 4.79. The van der Waals surface area contributed by atoms with Crippen LogP contribution in [-0.2, 0) is 19.4 Å². The van der Waals surface area contributed by atoms with E-state index in [1.165, 1.54) is 34.4 Å². The molecule has 0 N–H and O–H groups in total. The van der Waals surface area contributed by atoms with Gasteiger partial charge in [-0.15, -0.1) is 0 Å². The monoisotopic (exact) mass is 357 g/mol. The van der Waals surface area contributed by atoms with Crippen molar-refractivity contribution < 1.29 is 19.4 Å². The first kappa shape index (κ1) is 11.9. The Hall–Kier alpha value is -0.222. The van der Waals surface area contributed by atoms with E-state index in [4.69, 9.17) is 6.58 Å². The first-order valence-electron chi connectivity index (χ1n) is 4.87. The number of rotatable bonds is 1. The van der Waals surface area contributed by atoms with Gasteiger partial charge in [0.1, 0.15) is 0 Å². The maximum absolute atomic E-state index is 5.95. The van der Waals surface area contributed by atoms with Gasteiger partial charge in [0.15, 0.2) is 0 Å². The van der Waals surface area contributed by atoms with E-state index < -0.39 is 0 Å². The van der Waals surface area contributed by atoms with Gasteiger partial charge in [-0.05, 0) is 0 Å².